The van der Waals surface area contributed by atoms with Gasteiger partial charge in [-0.25, -0.2) is 0 Å². The van der Waals surface area contributed by atoms with Crippen LogP contribution < -0.4 is 0 Å². The van der Waals surface area contributed by atoms with Crippen LogP contribution in [0.1, 0.15) is 25.3 Å². The lowest BCUT2D eigenvalue weighted by atomic mass is 10.1. The summed E-state index contributed by atoms with van der Waals surface area (Å²) in [6.07, 6.45) is 3.60. The Bertz CT molecular complexity index is 376. The molecule has 0 saturated carbocycles. The van der Waals surface area contributed by atoms with Crippen LogP contribution in [0.15, 0.2) is 30.3 Å². The van der Waals surface area contributed by atoms with Crippen LogP contribution in [-0.2, 0) is 16.5 Å². The standard InChI is InChI=1S/C11H16O.CH4O3S/c1-10(12)6-5-9-11-7-3-2-4-8-11;1-5(2,3)4/h2-4,7-8,10,12H,5-6,9H2,1H3;1H3,(H,2,3,4)/t10-;/m0./s1. The molecule has 17 heavy (non-hydrogen) atoms. The molecule has 1 aromatic carbocycles. The van der Waals surface area contributed by atoms with Crippen LogP contribution in [0.3, 0.4) is 0 Å². The second kappa shape index (κ2) is 8.22. The Balaban J connectivity index is 0.000000437. The Labute approximate surface area is 103 Å². The average Bonchev–Trinajstić information content (AvgIpc) is 2.16. The Hall–Kier alpha value is -0.910. The van der Waals surface area contributed by atoms with E-state index in [2.05, 4.69) is 24.3 Å². The number of aliphatic hydroxyl groups excluding tert-OH is 1. The molecule has 0 fully saturated rings. The Kier molecular flexibility index (Phi) is 7.78. The van der Waals surface area contributed by atoms with Crippen LogP contribution in [0.25, 0.3) is 0 Å². The molecule has 0 unspecified atom stereocenters. The maximum absolute atomic E-state index is 9.19. The SMILES string of the molecule is CS(=O)(=O)O.C[C@H](O)CCCc1ccccc1. The lowest BCUT2D eigenvalue weighted by Gasteiger charge is -2.03. The average molecular weight is 260 g/mol. The Morgan fingerprint density at radius 3 is 2.12 bits per heavy atom. The van der Waals surface area contributed by atoms with E-state index in [4.69, 9.17) is 9.66 Å². The first kappa shape index (κ1) is 16.1. The minimum absolute atomic E-state index is 0.159. The zero-order valence-corrected chi connectivity index (χ0v) is 11.0. The highest BCUT2D eigenvalue weighted by molar-refractivity contribution is 7.85. The number of benzene rings is 1. The lowest BCUT2D eigenvalue weighted by molar-refractivity contribution is 0.182. The lowest BCUT2D eigenvalue weighted by Crippen LogP contribution is -1.99. The van der Waals surface area contributed by atoms with Crippen LogP contribution >= 0.6 is 0 Å². The molecule has 0 radical (unpaired) electrons. The number of hydrogen-bond acceptors (Lipinski definition) is 3. The molecule has 4 nitrogen and oxygen atoms in total. The third-order valence-electron chi connectivity index (χ3n) is 1.93. The third-order valence-corrected chi connectivity index (χ3v) is 1.93. The highest BCUT2D eigenvalue weighted by atomic mass is 32.2. The molecule has 0 spiro atoms. The molecule has 0 bridgehead atoms. The van der Waals surface area contributed by atoms with E-state index in [1.54, 1.807) is 0 Å². The van der Waals surface area contributed by atoms with Gasteiger partial charge in [0.1, 0.15) is 0 Å². The van der Waals surface area contributed by atoms with Crippen molar-refractivity contribution in [2.75, 3.05) is 6.26 Å². The van der Waals surface area contributed by atoms with E-state index in [1.165, 1.54) is 5.56 Å². The zero-order chi connectivity index (χ0) is 13.3. The van der Waals surface area contributed by atoms with Crippen molar-refractivity contribution in [1.29, 1.82) is 0 Å². The molecule has 2 N–H and O–H groups in total. The topological polar surface area (TPSA) is 74.6 Å². The quantitative estimate of drug-likeness (QED) is 0.811. The number of aliphatic hydroxyl groups is 1. The first-order valence-electron chi connectivity index (χ1n) is 5.43. The maximum atomic E-state index is 9.19. The van der Waals surface area contributed by atoms with E-state index in [0.717, 1.165) is 19.3 Å². The fraction of sp³-hybridized carbons (Fsp3) is 0.500. The van der Waals surface area contributed by atoms with Crippen LogP contribution in [0.4, 0.5) is 0 Å². The van der Waals surface area contributed by atoms with Gasteiger partial charge in [-0.3, -0.25) is 4.55 Å². The minimum atomic E-state index is -3.67. The van der Waals surface area contributed by atoms with Crippen molar-refractivity contribution in [2.45, 2.75) is 32.3 Å². The van der Waals surface area contributed by atoms with Crippen molar-refractivity contribution in [2.24, 2.45) is 0 Å². The van der Waals surface area contributed by atoms with E-state index in [1.807, 2.05) is 13.0 Å². The summed E-state index contributed by atoms with van der Waals surface area (Å²) in [4.78, 5) is 0. The summed E-state index contributed by atoms with van der Waals surface area (Å²) >= 11 is 0. The largest absolute Gasteiger partial charge is 0.393 e. The molecule has 0 saturated heterocycles. The van der Waals surface area contributed by atoms with E-state index < -0.39 is 10.1 Å². The van der Waals surface area contributed by atoms with Gasteiger partial charge in [0.2, 0.25) is 0 Å². The summed E-state index contributed by atoms with van der Waals surface area (Å²) in [5, 5.41) is 9.03. The van der Waals surface area contributed by atoms with Gasteiger partial charge in [-0.15, -0.1) is 0 Å². The maximum Gasteiger partial charge on any atom is 0.261 e. The number of aryl methyl sites for hydroxylation is 1. The normalized spacial score (nSPS) is 12.5. The van der Waals surface area contributed by atoms with Crippen LogP contribution in [0.5, 0.6) is 0 Å². The first-order valence-corrected chi connectivity index (χ1v) is 7.28. The summed E-state index contributed by atoms with van der Waals surface area (Å²) < 4.78 is 25.9. The van der Waals surface area contributed by atoms with Crippen LogP contribution in [0, 0.1) is 0 Å². The highest BCUT2D eigenvalue weighted by Gasteiger charge is 1.95. The monoisotopic (exact) mass is 260 g/mol. The Morgan fingerprint density at radius 2 is 1.71 bits per heavy atom. The van der Waals surface area contributed by atoms with E-state index in [9.17, 15) is 8.42 Å². The molecule has 0 aliphatic rings. The van der Waals surface area contributed by atoms with Gasteiger partial charge in [-0.05, 0) is 31.7 Å². The minimum Gasteiger partial charge on any atom is -0.393 e. The van der Waals surface area contributed by atoms with E-state index in [-0.39, 0.29) is 6.10 Å². The number of rotatable bonds is 4. The molecular formula is C12H20O4S. The summed E-state index contributed by atoms with van der Waals surface area (Å²) in [7, 11) is -3.67. The van der Waals surface area contributed by atoms with Gasteiger partial charge in [0.05, 0.1) is 12.4 Å². The molecule has 0 amide bonds. The van der Waals surface area contributed by atoms with Crippen molar-refractivity contribution in [3.63, 3.8) is 0 Å². The molecule has 1 rings (SSSR count). The molecule has 0 aliphatic carbocycles. The molecule has 98 valence electrons. The molecular weight excluding hydrogens is 240 g/mol. The second-order valence-electron chi connectivity index (χ2n) is 3.96. The third kappa shape index (κ3) is 15.1. The van der Waals surface area contributed by atoms with Gasteiger partial charge >= 0.3 is 0 Å². The predicted molar refractivity (Wildman–Crippen MR) is 68.5 cm³/mol. The van der Waals surface area contributed by atoms with Gasteiger partial charge in [0, 0.05) is 0 Å². The van der Waals surface area contributed by atoms with Gasteiger partial charge in [-0.1, -0.05) is 30.3 Å². The second-order valence-corrected chi connectivity index (χ2v) is 5.43. The molecule has 0 heterocycles. The molecule has 1 aromatic rings. The van der Waals surface area contributed by atoms with E-state index >= 15 is 0 Å². The summed E-state index contributed by atoms with van der Waals surface area (Å²) in [5.74, 6) is 0. The molecule has 0 aliphatic heterocycles. The fourth-order valence-corrected chi connectivity index (χ4v) is 1.25. The first-order chi connectivity index (χ1) is 7.79. The van der Waals surface area contributed by atoms with Crippen molar-refractivity contribution in [3.8, 4) is 0 Å². The smallest absolute Gasteiger partial charge is 0.261 e. The van der Waals surface area contributed by atoms with Crippen molar-refractivity contribution >= 4 is 10.1 Å². The van der Waals surface area contributed by atoms with Gasteiger partial charge in [0.15, 0.2) is 0 Å². The highest BCUT2D eigenvalue weighted by Crippen LogP contribution is 2.05. The molecule has 0 aromatic heterocycles. The van der Waals surface area contributed by atoms with Gasteiger partial charge < -0.3 is 5.11 Å². The van der Waals surface area contributed by atoms with Crippen molar-refractivity contribution in [3.05, 3.63) is 35.9 Å². The predicted octanol–water partition coefficient (Wildman–Crippen LogP) is 1.89. The van der Waals surface area contributed by atoms with Gasteiger partial charge in [-0.2, -0.15) is 8.42 Å². The Morgan fingerprint density at radius 1 is 1.24 bits per heavy atom. The van der Waals surface area contributed by atoms with Crippen LogP contribution in [0.2, 0.25) is 0 Å². The molecule has 1 atom stereocenters. The van der Waals surface area contributed by atoms with Crippen LogP contribution in [-0.4, -0.2) is 30.4 Å². The summed E-state index contributed by atoms with van der Waals surface area (Å²) in [6, 6.07) is 10.4. The summed E-state index contributed by atoms with van der Waals surface area (Å²) in [5.41, 5.74) is 1.36. The molecule has 5 heteroatoms. The van der Waals surface area contributed by atoms with E-state index in [0.29, 0.717) is 6.26 Å². The fourth-order valence-electron chi connectivity index (χ4n) is 1.25. The zero-order valence-electron chi connectivity index (χ0n) is 10.2. The number of hydrogen-bond donors (Lipinski definition) is 2. The van der Waals surface area contributed by atoms with Gasteiger partial charge in [0.25, 0.3) is 10.1 Å². The summed E-state index contributed by atoms with van der Waals surface area (Å²) in [6.45, 7) is 1.84. The van der Waals surface area contributed by atoms with Crippen molar-refractivity contribution < 1.29 is 18.1 Å². The van der Waals surface area contributed by atoms with Crippen molar-refractivity contribution in [1.82, 2.24) is 0 Å².